The molecule has 1 aliphatic heterocycles. The van der Waals surface area contributed by atoms with Crippen molar-refractivity contribution in [2.45, 2.75) is 58.3 Å². The fourth-order valence-electron chi connectivity index (χ4n) is 3.26. The number of hydrogen-bond acceptors (Lipinski definition) is 1. The maximum Gasteiger partial charge on any atom is 0.225 e. The van der Waals surface area contributed by atoms with Gasteiger partial charge in [0.25, 0.3) is 0 Å². The Morgan fingerprint density at radius 1 is 1.12 bits per heavy atom. The monoisotopic (exact) mass is 223 g/mol. The molecule has 1 heterocycles. The average Bonchev–Trinajstić information content (AvgIpc) is 2.33. The van der Waals surface area contributed by atoms with E-state index in [2.05, 4.69) is 11.8 Å². The molecule has 2 fully saturated rings. The molecule has 16 heavy (non-hydrogen) atoms. The zero-order chi connectivity index (χ0) is 11.4. The summed E-state index contributed by atoms with van der Waals surface area (Å²) in [7, 11) is 0. The molecular formula is C14H25NO. The van der Waals surface area contributed by atoms with Gasteiger partial charge in [-0.15, -0.1) is 0 Å². The normalized spacial score (nSPS) is 28.4. The topological polar surface area (TPSA) is 20.3 Å². The number of rotatable bonds is 3. The van der Waals surface area contributed by atoms with Crippen LogP contribution in [-0.2, 0) is 4.79 Å². The van der Waals surface area contributed by atoms with Gasteiger partial charge in [-0.05, 0) is 38.0 Å². The molecule has 0 aromatic heterocycles. The van der Waals surface area contributed by atoms with Crippen molar-refractivity contribution in [1.29, 1.82) is 0 Å². The summed E-state index contributed by atoms with van der Waals surface area (Å²) in [6.07, 6.45) is 10.2. The minimum atomic E-state index is 0.331. The van der Waals surface area contributed by atoms with E-state index in [0.29, 0.717) is 11.8 Å². The first kappa shape index (κ1) is 11.9. The van der Waals surface area contributed by atoms with Crippen LogP contribution in [0, 0.1) is 11.8 Å². The van der Waals surface area contributed by atoms with E-state index in [1.807, 2.05) is 0 Å². The summed E-state index contributed by atoms with van der Waals surface area (Å²) in [5.74, 6) is 1.57. The smallest absolute Gasteiger partial charge is 0.225 e. The summed E-state index contributed by atoms with van der Waals surface area (Å²) >= 11 is 0. The maximum absolute atomic E-state index is 12.2. The van der Waals surface area contributed by atoms with Crippen LogP contribution in [0.4, 0.5) is 0 Å². The third-order valence-electron chi connectivity index (χ3n) is 4.34. The van der Waals surface area contributed by atoms with E-state index in [1.165, 1.54) is 38.5 Å². The lowest BCUT2D eigenvalue weighted by atomic mass is 9.87. The van der Waals surface area contributed by atoms with Gasteiger partial charge in [0, 0.05) is 19.0 Å². The van der Waals surface area contributed by atoms with Crippen molar-refractivity contribution in [3.8, 4) is 0 Å². The second kappa shape index (κ2) is 5.70. The fraction of sp³-hybridized carbons (Fsp3) is 0.929. The molecule has 0 spiro atoms. The van der Waals surface area contributed by atoms with Gasteiger partial charge >= 0.3 is 0 Å². The first-order valence-corrected chi connectivity index (χ1v) is 7.10. The lowest BCUT2D eigenvalue weighted by molar-refractivity contribution is -0.139. The number of carbonyl (C=O) groups excluding carboxylic acids is 1. The molecule has 92 valence electrons. The first-order chi connectivity index (χ1) is 7.81. The number of likely N-dealkylation sites (tertiary alicyclic amines) is 1. The Morgan fingerprint density at radius 2 is 1.88 bits per heavy atom. The van der Waals surface area contributed by atoms with Crippen LogP contribution in [0.3, 0.4) is 0 Å². The molecule has 2 heteroatoms. The number of amides is 1. The molecule has 0 bridgehead atoms. The quantitative estimate of drug-likeness (QED) is 0.719. The Labute approximate surface area is 99.4 Å². The SMILES string of the molecule is CCC1CCCN(CC2CCCCC2)C1=O. The van der Waals surface area contributed by atoms with Crippen molar-refractivity contribution in [1.82, 2.24) is 4.90 Å². The lowest BCUT2D eigenvalue weighted by Crippen LogP contribution is -2.43. The molecule has 1 saturated heterocycles. The number of nitrogens with zero attached hydrogens (tertiary/aromatic N) is 1. The van der Waals surface area contributed by atoms with Crippen molar-refractivity contribution < 1.29 is 4.79 Å². The average molecular weight is 223 g/mol. The van der Waals surface area contributed by atoms with Gasteiger partial charge in [-0.3, -0.25) is 4.79 Å². The zero-order valence-corrected chi connectivity index (χ0v) is 10.6. The van der Waals surface area contributed by atoms with Gasteiger partial charge in [0.15, 0.2) is 0 Å². The summed E-state index contributed by atoms with van der Waals surface area (Å²) in [6, 6.07) is 0. The summed E-state index contributed by atoms with van der Waals surface area (Å²) in [5, 5.41) is 0. The predicted molar refractivity (Wildman–Crippen MR) is 66.2 cm³/mol. The summed E-state index contributed by atoms with van der Waals surface area (Å²) in [6.45, 7) is 4.22. The minimum Gasteiger partial charge on any atom is -0.342 e. The Kier molecular flexibility index (Phi) is 4.25. The highest BCUT2D eigenvalue weighted by Crippen LogP contribution is 2.27. The third-order valence-corrected chi connectivity index (χ3v) is 4.34. The van der Waals surface area contributed by atoms with E-state index in [1.54, 1.807) is 0 Å². The molecule has 1 aliphatic carbocycles. The van der Waals surface area contributed by atoms with Gasteiger partial charge < -0.3 is 4.90 Å². The standard InChI is InChI=1S/C14H25NO/c1-2-13-9-6-10-15(14(13)16)11-12-7-4-3-5-8-12/h12-13H,2-11H2,1H3. The van der Waals surface area contributed by atoms with E-state index in [9.17, 15) is 4.79 Å². The molecule has 2 aliphatic rings. The molecular weight excluding hydrogens is 198 g/mol. The fourth-order valence-corrected chi connectivity index (χ4v) is 3.26. The van der Waals surface area contributed by atoms with Gasteiger partial charge in [-0.25, -0.2) is 0 Å². The van der Waals surface area contributed by atoms with Crippen molar-refractivity contribution in [2.75, 3.05) is 13.1 Å². The summed E-state index contributed by atoms with van der Waals surface area (Å²) < 4.78 is 0. The van der Waals surface area contributed by atoms with Gasteiger partial charge in [0.2, 0.25) is 5.91 Å². The predicted octanol–water partition coefficient (Wildman–Crippen LogP) is 3.22. The van der Waals surface area contributed by atoms with Gasteiger partial charge in [0.05, 0.1) is 0 Å². The van der Waals surface area contributed by atoms with E-state index < -0.39 is 0 Å². The number of piperidine rings is 1. The van der Waals surface area contributed by atoms with Crippen LogP contribution in [0.15, 0.2) is 0 Å². The maximum atomic E-state index is 12.2. The molecule has 2 rings (SSSR count). The lowest BCUT2D eigenvalue weighted by Gasteiger charge is -2.35. The molecule has 0 aromatic carbocycles. The highest BCUT2D eigenvalue weighted by Gasteiger charge is 2.29. The van der Waals surface area contributed by atoms with Gasteiger partial charge in [0.1, 0.15) is 0 Å². The van der Waals surface area contributed by atoms with Crippen LogP contribution in [-0.4, -0.2) is 23.9 Å². The Hall–Kier alpha value is -0.530. The van der Waals surface area contributed by atoms with Crippen LogP contribution < -0.4 is 0 Å². The minimum absolute atomic E-state index is 0.331. The highest BCUT2D eigenvalue weighted by atomic mass is 16.2. The van der Waals surface area contributed by atoms with Crippen molar-refractivity contribution in [3.05, 3.63) is 0 Å². The van der Waals surface area contributed by atoms with Crippen LogP contribution >= 0.6 is 0 Å². The van der Waals surface area contributed by atoms with Crippen molar-refractivity contribution in [3.63, 3.8) is 0 Å². The molecule has 0 aromatic rings. The molecule has 1 unspecified atom stereocenters. The van der Waals surface area contributed by atoms with E-state index in [4.69, 9.17) is 0 Å². The van der Waals surface area contributed by atoms with Gasteiger partial charge in [-0.1, -0.05) is 26.2 Å². The number of hydrogen-bond donors (Lipinski definition) is 0. The van der Waals surface area contributed by atoms with E-state index in [-0.39, 0.29) is 0 Å². The molecule has 2 nitrogen and oxygen atoms in total. The van der Waals surface area contributed by atoms with Crippen LogP contribution in [0.5, 0.6) is 0 Å². The molecule has 1 saturated carbocycles. The van der Waals surface area contributed by atoms with Crippen LogP contribution in [0.2, 0.25) is 0 Å². The summed E-state index contributed by atoms with van der Waals surface area (Å²) in [4.78, 5) is 14.3. The third kappa shape index (κ3) is 2.78. The first-order valence-electron chi connectivity index (χ1n) is 7.10. The Morgan fingerprint density at radius 3 is 2.56 bits per heavy atom. The molecule has 1 amide bonds. The van der Waals surface area contributed by atoms with Crippen molar-refractivity contribution in [2.24, 2.45) is 11.8 Å². The number of carbonyl (C=O) groups is 1. The Bertz CT molecular complexity index is 233. The Balaban J connectivity index is 1.85. The van der Waals surface area contributed by atoms with Gasteiger partial charge in [-0.2, -0.15) is 0 Å². The van der Waals surface area contributed by atoms with E-state index in [0.717, 1.165) is 31.8 Å². The summed E-state index contributed by atoms with van der Waals surface area (Å²) in [5.41, 5.74) is 0. The van der Waals surface area contributed by atoms with Crippen LogP contribution in [0.1, 0.15) is 58.3 Å². The van der Waals surface area contributed by atoms with E-state index >= 15 is 0 Å². The zero-order valence-electron chi connectivity index (χ0n) is 10.6. The molecule has 0 N–H and O–H groups in total. The molecule has 1 atom stereocenters. The molecule has 0 radical (unpaired) electrons. The second-order valence-corrected chi connectivity index (χ2v) is 5.54. The van der Waals surface area contributed by atoms with Crippen LogP contribution in [0.25, 0.3) is 0 Å². The highest BCUT2D eigenvalue weighted by molar-refractivity contribution is 5.79. The largest absolute Gasteiger partial charge is 0.342 e. The second-order valence-electron chi connectivity index (χ2n) is 5.54. The van der Waals surface area contributed by atoms with Crippen molar-refractivity contribution >= 4 is 5.91 Å².